The summed E-state index contributed by atoms with van der Waals surface area (Å²) in [5.74, 6) is 0. The third-order valence-electron chi connectivity index (χ3n) is 6.53. The highest BCUT2D eigenvalue weighted by molar-refractivity contribution is 5.51. The molecule has 0 amide bonds. The average Bonchev–Trinajstić information content (AvgIpc) is 3.19. The molecule has 0 N–H and O–H groups in total. The first kappa shape index (κ1) is 24.8. The number of para-hydroxylation sites is 1. The van der Waals surface area contributed by atoms with Gasteiger partial charge in [-0.2, -0.15) is 0 Å². The topological polar surface area (TPSA) is 6.48 Å². The molecule has 0 spiro atoms. The molecule has 30 heavy (non-hydrogen) atoms. The van der Waals surface area contributed by atoms with Crippen LogP contribution in [-0.2, 0) is 0 Å². The van der Waals surface area contributed by atoms with E-state index in [9.17, 15) is 0 Å². The average molecular weight is 413 g/mol. The normalized spacial score (nSPS) is 16.2. The van der Waals surface area contributed by atoms with E-state index < -0.39 is 0 Å². The quantitative estimate of drug-likeness (QED) is 0.236. The molecule has 0 fully saturated rings. The van der Waals surface area contributed by atoms with Crippen molar-refractivity contribution in [2.24, 2.45) is 0 Å². The Morgan fingerprint density at radius 3 is 1.67 bits per heavy atom. The molecule has 1 aliphatic rings. The number of benzene rings is 1. The van der Waals surface area contributed by atoms with Crippen LogP contribution in [0.25, 0.3) is 0 Å². The van der Waals surface area contributed by atoms with Gasteiger partial charge in [0.05, 0.1) is 0 Å². The summed E-state index contributed by atoms with van der Waals surface area (Å²) in [4.78, 5) is 4.98. The highest BCUT2D eigenvalue weighted by Crippen LogP contribution is 2.29. The number of anilines is 1. The van der Waals surface area contributed by atoms with Crippen LogP contribution in [0.4, 0.5) is 5.69 Å². The van der Waals surface area contributed by atoms with Crippen LogP contribution in [0.3, 0.4) is 0 Å². The molecule has 1 heterocycles. The van der Waals surface area contributed by atoms with Gasteiger partial charge in [0, 0.05) is 24.1 Å². The van der Waals surface area contributed by atoms with E-state index in [-0.39, 0.29) is 0 Å². The van der Waals surface area contributed by atoms with Crippen molar-refractivity contribution in [3.63, 3.8) is 0 Å². The minimum absolute atomic E-state index is 0.477. The molecule has 2 heteroatoms. The summed E-state index contributed by atoms with van der Waals surface area (Å²) in [6, 6.07) is 11.4. The molecular weight excluding hydrogens is 364 g/mol. The Hall–Kier alpha value is -1.44. The zero-order valence-electron chi connectivity index (χ0n) is 20.2. The zero-order valence-corrected chi connectivity index (χ0v) is 20.2. The summed E-state index contributed by atoms with van der Waals surface area (Å²) in [7, 11) is 0. The summed E-state index contributed by atoms with van der Waals surface area (Å²) in [5.41, 5.74) is 1.31. The Kier molecular flexibility index (Phi) is 12.7. The van der Waals surface area contributed by atoms with Crippen LogP contribution in [0.15, 0.2) is 42.7 Å². The fourth-order valence-corrected chi connectivity index (χ4v) is 4.68. The Balaban J connectivity index is 1.53. The molecule has 1 aromatic carbocycles. The van der Waals surface area contributed by atoms with Gasteiger partial charge in [0.15, 0.2) is 0 Å². The fourth-order valence-electron chi connectivity index (χ4n) is 4.68. The molecule has 1 atom stereocenters. The van der Waals surface area contributed by atoms with E-state index in [4.69, 9.17) is 0 Å². The van der Waals surface area contributed by atoms with Crippen LogP contribution < -0.4 is 4.90 Å². The van der Waals surface area contributed by atoms with Gasteiger partial charge in [-0.3, -0.25) is 0 Å². The first-order chi connectivity index (χ1) is 14.7. The summed E-state index contributed by atoms with van der Waals surface area (Å²) < 4.78 is 0. The third-order valence-corrected chi connectivity index (χ3v) is 6.53. The minimum Gasteiger partial charge on any atom is -0.353 e. The van der Waals surface area contributed by atoms with Gasteiger partial charge in [-0.15, -0.1) is 0 Å². The molecule has 1 aliphatic heterocycles. The van der Waals surface area contributed by atoms with Gasteiger partial charge in [-0.1, -0.05) is 109 Å². The van der Waals surface area contributed by atoms with Crippen LogP contribution in [0.2, 0.25) is 0 Å². The molecule has 170 valence electrons. The van der Waals surface area contributed by atoms with E-state index in [1.807, 2.05) is 0 Å². The predicted molar refractivity (Wildman–Crippen MR) is 134 cm³/mol. The molecule has 2 nitrogen and oxygen atoms in total. The van der Waals surface area contributed by atoms with E-state index in [1.165, 1.54) is 102 Å². The molecule has 0 saturated carbocycles. The van der Waals surface area contributed by atoms with Crippen molar-refractivity contribution in [2.45, 2.75) is 129 Å². The maximum absolute atomic E-state index is 2.52. The van der Waals surface area contributed by atoms with Crippen LogP contribution in [0, 0.1) is 0 Å². The largest absolute Gasteiger partial charge is 0.353 e. The van der Waals surface area contributed by atoms with Crippen molar-refractivity contribution >= 4 is 5.69 Å². The molecule has 2 rings (SSSR count). The summed E-state index contributed by atoms with van der Waals surface area (Å²) in [6.45, 7) is 6.90. The maximum atomic E-state index is 2.52. The van der Waals surface area contributed by atoms with Gasteiger partial charge in [0.1, 0.15) is 6.17 Å². The van der Waals surface area contributed by atoms with Crippen LogP contribution in [0.5, 0.6) is 0 Å². The third kappa shape index (κ3) is 9.14. The first-order valence-electron chi connectivity index (χ1n) is 13.0. The number of hydrogen-bond acceptors (Lipinski definition) is 2. The Morgan fingerprint density at radius 1 is 0.667 bits per heavy atom. The molecule has 0 bridgehead atoms. The molecule has 0 aliphatic carbocycles. The Bertz CT molecular complexity index is 551. The maximum Gasteiger partial charge on any atom is 0.106 e. The zero-order chi connectivity index (χ0) is 21.4. The Morgan fingerprint density at radius 2 is 1.17 bits per heavy atom. The molecule has 0 saturated heterocycles. The van der Waals surface area contributed by atoms with Crippen molar-refractivity contribution in [1.82, 2.24) is 4.90 Å². The number of nitrogens with zero attached hydrogens (tertiary/aromatic N) is 2. The summed E-state index contributed by atoms with van der Waals surface area (Å²) >= 11 is 0. The molecule has 0 radical (unpaired) electrons. The number of hydrogen-bond donors (Lipinski definition) is 0. The van der Waals surface area contributed by atoms with Gasteiger partial charge in [0.25, 0.3) is 0 Å². The van der Waals surface area contributed by atoms with Crippen molar-refractivity contribution in [1.29, 1.82) is 0 Å². The van der Waals surface area contributed by atoms with Crippen LogP contribution >= 0.6 is 0 Å². The molecule has 1 aromatic rings. The minimum atomic E-state index is 0.477. The lowest BCUT2D eigenvalue weighted by atomic mass is 10.0. The Labute approximate surface area is 187 Å². The van der Waals surface area contributed by atoms with Crippen molar-refractivity contribution in [3.05, 3.63) is 42.7 Å². The van der Waals surface area contributed by atoms with Crippen molar-refractivity contribution in [2.75, 3.05) is 4.90 Å². The van der Waals surface area contributed by atoms with E-state index in [0.29, 0.717) is 12.2 Å². The van der Waals surface area contributed by atoms with Crippen LogP contribution in [0.1, 0.15) is 117 Å². The van der Waals surface area contributed by atoms with E-state index >= 15 is 0 Å². The lowest BCUT2D eigenvalue weighted by Gasteiger charge is -2.35. The van der Waals surface area contributed by atoms with E-state index in [0.717, 1.165) is 0 Å². The highest BCUT2D eigenvalue weighted by atomic mass is 15.4. The number of unbranched alkanes of at least 4 members (excludes halogenated alkanes) is 13. The highest BCUT2D eigenvalue weighted by Gasteiger charge is 2.28. The lowest BCUT2D eigenvalue weighted by Crippen LogP contribution is -2.42. The lowest BCUT2D eigenvalue weighted by molar-refractivity contribution is 0.233. The molecule has 0 aromatic heterocycles. The SMILES string of the molecule is CCCCCCCCCCCCCCCCC1N(c2ccccc2)C=CN1C(C)C. The second-order valence-electron chi connectivity index (χ2n) is 9.45. The predicted octanol–water partition coefficient (Wildman–Crippen LogP) is 8.89. The van der Waals surface area contributed by atoms with Crippen molar-refractivity contribution in [3.8, 4) is 0 Å². The van der Waals surface area contributed by atoms with Gasteiger partial charge in [0.2, 0.25) is 0 Å². The summed E-state index contributed by atoms with van der Waals surface area (Å²) in [6.07, 6.45) is 26.2. The van der Waals surface area contributed by atoms with Crippen LogP contribution in [-0.4, -0.2) is 17.1 Å². The molecule has 1 unspecified atom stereocenters. The van der Waals surface area contributed by atoms with Gasteiger partial charge in [-0.05, 0) is 38.8 Å². The monoisotopic (exact) mass is 412 g/mol. The second kappa shape index (κ2) is 15.4. The smallest absolute Gasteiger partial charge is 0.106 e. The summed E-state index contributed by atoms with van der Waals surface area (Å²) in [5, 5.41) is 0. The van der Waals surface area contributed by atoms with Gasteiger partial charge in [-0.25, -0.2) is 0 Å². The van der Waals surface area contributed by atoms with E-state index in [1.54, 1.807) is 0 Å². The first-order valence-corrected chi connectivity index (χ1v) is 13.0. The number of rotatable bonds is 17. The second-order valence-corrected chi connectivity index (χ2v) is 9.45. The standard InChI is InChI=1S/C28H48N2/c1-4-5-6-7-8-9-10-11-12-13-14-15-16-20-23-28-29(26(2)3)24-25-30(28)27-21-18-17-19-22-27/h17-19,21-22,24-26,28H,4-16,20,23H2,1-3H3. The molecular formula is C28H48N2. The fraction of sp³-hybridized carbons (Fsp3) is 0.714. The van der Waals surface area contributed by atoms with Gasteiger partial charge >= 0.3 is 0 Å². The van der Waals surface area contributed by atoms with Crippen molar-refractivity contribution < 1.29 is 0 Å². The van der Waals surface area contributed by atoms with E-state index in [2.05, 4.69) is 73.3 Å². The van der Waals surface area contributed by atoms with Gasteiger partial charge < -0.3 is 9.80 Å².